The summed E-state index contributed by atoms with van der Waals surface area (Å²) < 4.78 is 0. The standard InChI is InChI=1S/C13H17BO3/c1-14(17)5-3-2-4-11-6-12(9-15)8-13(7-11)10-16/h6-8,15-17H,3,5,9-10H2,1H3. The molecule has 0 fully saturated rings. The molecule has 1 aromatic rings. The van der Waals surface area contributed by atoms with Crippen molar-refractivity contribution in [3.8, 4) is 11.8 Å². The van der Waals surface area contributed by atoms with Gasteiger partial charge >= 0.3 is 0 Å². The molecule has 0 aliphatic carbocycles. The molecule has 0 saturated carbocycles. The summed E-state index contributed by atoms with van der Waals surface area (Å²) in [6.07, 6.45) is 1.29. The van der Waals surface area contributed by atoms with Crippen molar-refractivity contribution in [2.45, 2.75) is 32.8 Å². The third-order valence-corrected chi connectivity index (χ3v) is 2.34. The van der Waals surface area contributed by atoms with Gasteiger partial charge < -0.3 is 15.2 Å². The zero-order chi connectivity index (χ0) is 12.7. The Kier molecular flexibility index (Phi) is 5.78. The van der Waals surface area contributed by atoms with Crippen LogP contribution in [0.5, 0.6) is 0 Å². The van der Waals surface area contributed by atoms with Gasteiger partial charge in [-0.05, 0) is 29.6 Å². The van der Waals surface area contributed by atoms with Gasteiger partial charge in [-0.15, -0.1) is 0 Å². The van der Waals surface area contributed by atoms with Gasteiger partial charge in [0, 0.05) is 12.0 Å². The first-order valence-corrected chi connectivity index (χ1v) is 5.67. The fraction of sp³-hybridized carbons (Fsp3) is 0.385. The second-order valence-electron chi connectivity index (χ2n) is 4.04. The maximum Gasteiger partial charge on any atom is 0.286 e. The van der Waals surface area contributed by atoms with Gasteiger partial charge in [0.1, 0.15) is 0 Å². The van der Waals surface area contributed by atoms with Gasteiger partial charge in [-0.3, -0.25) is 0 Å². The summed E-state index contributed by atoms with van der Waals surface area (Å²) in [5, 5.41) is 27.2. The predicted octanol–water partition coefficient (Wildman–Crippen LogP) is 1.03. The van der Waals surface area contributed by atoms with Crippen LogP contribution in [0, 0.1) is 11.8 Å². The van der Waals surface area contributed by atoms with Gasteiger partial charge in [-0.1, -0.05) is 24.7 Å². The Morgan fingerprint density at radius 3 is 2.18 bits per heavy atom. The maximum absolute atomic E-state index is 9.08. The molecule has 0 atom stereocenters. The fourth-order valence-corrected chi connectivity index (χ4v) is 1.46. The van der Waals surface area contributed by atoms with E-state index in [9.17, 15) is 0 Å². The van der Waals surface area contributed by atoms with Gasteiger partial charge in [0.25, 0.3) is 6.92 Å². The molecular weight excluding hydrogens is 215 g/mol. The lowest BCUT2D eigenvalue weighted by Crippen LogP contribution is -2.02. The molecule has 0 unspecified atom stereocenters. The van der Waals surface area contributed by atoms with Gasteiger partial charge in [0.2, 0.25) is 0 Å². The van der Waals surface area contributed by atoms with Crippen LogP contribution < -0.4 is 0 Å². The van der Waals surface area contributed by atoms with Crippen LogP contribution >= 0.6 is 0 Å². The first-order valence-electron chi connectivity index (χ1n) is 5.67. The molecular formula is C13H17BO3. The van der Waals surface area contributed by atoms with Crippen LogP contribution in [0.15, 0.2) is 18.2 Å². The molecule has 0 radical (unpaired) electrons. The third-order valence-electron chi connectivity index (χ3n) is 2.34. The normalized spacial score (nSPS) is 9.65. The summed E-state index contributed by atoms with van der Waals surface area (Å²) in [5.74, 6) is 5.93. The monoisotopic (exact) mass is 232 g/mol. The Morgan fingerprint density at radius 1 is 1.12 bits per heavy atom. The number of hydrogen-bond donors (Lipinski definition) is 3. The molecule has 0 aliphatic heterocycles. The van der Waals surface area contributed by atoms with Crippen LogP contribution in [-0.2, 0) is 13.2 Å². The first kappa shape index (κ1) is 13.8. The van der Waals surface area contributed by atoms with Gasteiger partial charge in [0.05, 0.1) is 13.2 Å². The Morgan fingerprint density at radius 2 is 1.71 bits per heavy atom. The highest BCUT2D eigenvalue weighted by Crippen LogP contribution is 2.10. The van der Waals surface area contributed by atoms with Crippen molar-refractivity contribution in [1.82, 2.24) is 0 Å². The molecule has 17 heavy (non-hydrogen) atoms. The number of aliphatic hydroxyl groups is 2. The van der Waals surface area contributed by atoms with Crippen molar-refractivity contribution in [3.05, 3.63) is 34.9 Å². The minimum Gasteiger partial charge on any atom is -0.451 e. The average Bonchev–Trinajstić information content (AvgIpc) is 2.34. The predicted molar refractivity (Wildman–Crippen MR) is 68.4 cm³/mol. The summed E-state index contributed by atoms with van der Waals surface area (Å²) in [5.41, 5.74) is 2.28. The van der Waals surface area contributed by atoms with Crippen LogP contribution in [-0.4, -0.2) is 22.2 Å². The van der Waals surface area contributed by atoms with E-state index in [-0.39, 0.29) is 20.1 Å². The number of hydrogen-bond acceptors (Lipinski definition) is 3. The average molecular weight is 232 g/mol. The lowest BCUT2D eigenvalue weighted by Gasteiger charge is -2.02. The molecule has 90 valence electrons. The van der Waals surface area contributed by atoms with Crippen molar-refractivity contribution in [1.29, 1.82) is 0 Å². The molecule has 0 aromatic heterocycles. The highest BCUT2D eigenvalue weighted by molar-refractivity contribution is 6.48. The van der Waals surface area contributed by atoms with Gasteiger partial charge in [-0.2, -0.15) is 0 Å². The van der Waals surface area contributed by atoms with E-state index >= 15 is 0 Å². The molecule has 3 nitrogen and oxygen atoms in total. The van der Waals surface area contributed by atoms with E-state index in [2.05, 4.69) is 11.8 Å². The Bertz CT molecular complexity index is 396. The first-order chi connectivity index (χ1) is 8.15. The van der Waals surface area contributed by atoms with Crippen LogP contribution in [0.4, 0.5) is 0 Å². The van der Waals surface area contributed by atoms with Crippen LogP contribution in [0.3, 0.4) is 0 Å². The van der Waals surface area contributed by atoms with Crippen molar-refractivity contribution in [3.63, 3.8) is 0 Å². The summed E-state index contributed by atoms with van der Waals surface area (Å²) >= 11 is 0. The van der Waals surface area contributed by atoms with E-state index < -0.39 is 0 Å². The maximum atomic E-state index is 9.08. The number of rotatable bonds is 4. The van der Waals surface area contributed by atoms with E-state index in [1.807, 2.05) is 0 Å². The van der Waals surface area contributed by atoms with E-state index in [4.69, 9.17) is 15.2 Å². The van der Waals surface area contributed by atoms with Crippen molar-refractivity contribution >= 4 is 6.92 Å². The lowest BCUT2D eigenvalue weighted by molar-refractivity contribution is 0.275. The number of aliphatic hydroxyl groups excluding tert-OH is 2. The molecule has 1 rings (SSSR count). The summed E-state index contributed by atoms with van der Waals surface area (Å²) in [6, 6.07) is 5.35. The molecule has 0 amide bonds. The van der Waals surface area contributed by atoms with Crippen LogP contribution in [0.25, 0.3) is 0 Å². The molecule has 4 heteroatoms. The van der Waals surface area contributed by atoms with E-state index in [1.54, 1.807) is 25.0 Å². The highest BCUT2D eigenvalue weighted by Gasteiger charge is 1.99. The zero-order valence-corrected chi connectivity index (χ0v) is 9.98. The van der Waals surface area contributed by atoms with Gasteiger partial charge in [0.15, 0.2) is 0 Å². The second-order valence-corrected chi connectivity index (χ2v) is 4.04. The Labute approximate surface area is 102 Å². The van der Waals surface area contributed by atoms with Crippen molar-refractivity contribution < 1.29 is 15.2 Å². The Hall–Kier alpha value is -1.28. The molecule has 0 spiro atoms. The lowest BCUT2D eigenvalue weighted by atomic mass is 9.67. The molecule has 0 aliphatic rings. The minimum atomic E-state index is -0.332. The van der Waals surface area contributed by atoms with Crippen molar-refractivity contribution in [2.24, 2.45) is 0 Å². The molecule has 1 aromatic carbocycles. The molecule has 3 N–H and O–H groups in total. The SMILES string of the molecule is CB(O)CCC#Cc1cc(CO)cc(CO)c1. The molecule has 0 bridgehead atoms. The zero-order valence-electron chi connectivity index (χ0n) is 9.98. The van der Waals surface area contributed by atoms with Crippen LogP contribution in [0.1, 0.15) is 23.1 Å². The summed E-state index contributed by atoms with van der Waals surface area (Å²) in [7, 11) is 0. The summed E-state index contributed by atoms with van der Waals surface area (Å²) in [4.78, 5) is 0. The highest BCUT2D eigenvalue weighted by atomic mass is 16.3. The largest absolute Gasteiger partial charge is 0.451 e. The van der Waals surface area contributed by atoms with Crippen LogP contribution in [0.2, 0.25) is 13.1 Å². The second kappa shape index (κ2) is 7.13. The van der Waals surface area contributed by atoms with Gasteiger partial charge in [-0.25, -0.2) is 0 Å². The van der Waals surface area contributed by atoms with E-state index in [0.29, 0.717) is 12.7 Å². The topological polar surface area (TPSA) is 60.7 Å². The van der Waals surface area contributed by atoms with E-state index in [0.717, 1.165) is 16.7 Å². The van der Waals surface area contributed by atoms with E-state index in [1.165, 1.54) is 0 Å². The molecule has 0 heterocycles. The Balaban J connectivity index is 2.75. The third kappa shape index (κ3) is 5.05. The summed E-state index contributed by atoms with van der Waals surface area (Å²) in [6.45, 7) is 1.28. The minimum absolute atomic E-state index is 0.0593. The van der Waals surface area contributed by atoms with Crippen molar-refractivity contribution in [2.75, 3.05) is 0 Å². The fourth-order valence-electron chi connectivity index (χ4n) is 1.46. The number of benzene rings is 1. The quantitative estimate of drug-likeness (QED) is 0.536. The molecule has 0 saturated heterocycles. The smallest absolute Gasteiger partial charge is 0.286 e.